The molecule has 0 radical (unpaired) electrons. The van der Waals surface area contributed by atoms with Crippen molar-refractivity contribution in [2.24, 2.45) is 0 Å². The molecule has 0 bridgehead atoms. The van der Waals surface area contributed by atoms with Crippen LogP contribution in [0, 0.1) is 0 Å². The van der Waals surface area contributed by atoms with E-state index in [1.165, 1.54) is 18.2 Å². The fourth-order valence-corrected chi connectivity index (χ4v) is 4.36. The molecule has 2 unspecified atom stereocenters. The number of amides is 1. The summed E-state index contributed by atoms with van der Waals surface area (Å²) in [7, 11) is 1.64. The molecule has 7 heteroatoms. The highest BCUT2D eigenvalue weighted by molar-refractivity contribution is 8.00. The summed E-state index contributed by atoms with van der Waals surface area (Å²) in [5.41, 5.74) is 0.867. The molecule has 1 aromatic heterocycles. The lowest BCUT2D eigenvalue weighted by molar-refractivity contribution is -0.134. The minimum atomic E-state index is -0.209. The van der Waals surface area contributed by atoms with Crippen LogP contribution in [-0.4, -0.2) is 50.5 Å². The first kappa shape index (κ1) is 18.8. The van der Waals surface area contributed by atoms with Crippen LogP contribution in [0.25, 0.3) is 5.69 Å². The Balaban J connectivity index is 1.77. The number of thioether (sulfide) groups is 1. The number of likely N-dealkylation sites (tertiary alicyclic amines) is 1. The smallest absolute Gasteiger partial charge is 0.236 e. The van der Waals surface area contributed by atoms with Crippen LogP contribution in [0.1, 0.15) is 39.5 Å². The first-order chi connectivity index (χ1) is 12.7. The van der Waals surface area contributed by atoms with Crippen LogP contribution in [-0.2, 0) is 4.79 Å². The minimum absolute atomic E-state index is 0.191. The van der Waals surface area contributed by atoms with Gasteiger partial charge in [0.25, 0.3) is 0 Å². The maximum atomic E-state index is 13.0. The summed E-state index contributed by atoms with van der Waals surface area (Å²) in [5.74, 6) is 0.936. The van der Waals surface area contributed by atoms with Gasteiger partial charge >= 0.3 is 0 Å². The SMILES string of the molecule is CCC1CCCCN1C(=O)C(C)Sc1nncn1-c1ccccc1OC. The van der Waals surface area contributed by atoms with E-state index in [0.717, 1.165) is 37.2 Å². The first-order valence-electron chi connectivity index (χ1n) is 9.16. The van der Waals surface area contributed by atoms with Crippen LogP contribution in [0.3, 0.4) is 0 Å². The van der Waals surface area contributed by atoms with Crippen LogP contribution in [0.2, 0.25) is 0 Å². The molecule has 140 valence electrons. The van der Waals surface area contributed by atoms with Crippen LogP contribution in [0.5, 0.6) is 5.75 Å². The van der Waals surface area contributed by atoms with Gasteiger partial charge < -0.3 is 9.64 Å². The van der Waals surface area contributed by atoms with Gasteiger partial charge in [0.2, 0.25) is 5.91 Å². The highest BCUT2D eigenvalue weighted by Gasteiger charge is 2.30. The van der Waals surface area contributed by atoms with E-state index in [1.54, 1.807) is 13.4 Å². The van der Waals surface area contributed by atoms with Crippen molar-refractivity contribution in [1.82, 2.24) is 19.7 Å². The van der Waals surface area contributed by atoms with Gasteiger partial charge in [0.1, 0.15) is 12.1 Å². The quantitative estimate of drug-likeness (QED) is 0.724. The highest BCUT2D eigenvalue weighted by atomic mass is 32.2. The number of rotatable bonds is 6. The third-order valence-electron chi connectivity index (χ3n) is 4.87. The molecule has 2 aromatic rings. The largest absolute Gasteiger partial charge is 0.495 e. The van der Waals surface area contributed by atoms with E-state index in [1.807, 2.05) is 35.8 Å². The van der Waals surface area contributed by atoms with Crippen LogP contribution in [0.4, 0.5) is 0 Å². The molecule has 1 aliphatic rings. The Morgan fingerprint density at radius 2 is 2.19 bits per heavy atom. The van der Waals surface area contributed by atoms with E-state index in [2.05, 4.69) is 22.0 Å². The van der Waals surface area contributed by atoms with Gasteiger partial charge in [-0.05, 0) is 44.7 Å². The molecular formula is C19H26N4O2S. The molecule has 0 saturated carbocycles. The molecule has 0 N–H and O–H groups in total. The Hall–Kier alpha value is -2.02. The fourth-order valence-electron chi connectivity index (χ4n) is 3.46. The summed E-state index contributed by atoms with van der Waals surface area (Å²) in [6.07, 6.45) is 6.09. The zero-order valence-corrected chi connectivity index (χ0v) is 16.4. The van der Waals surface area contributed by atoms with Crippen molar-refractivity contribution in [2.75, 3.05) is 13.7 Å². The van der Waals surface area contributed by atoms with Crippen LogP contribution >= 0.6 is 11.8 Å². The molecule has 0 aliphatic carbocycles. The standard InChI is InChI=1S/C19H26N4O2S/c1-4-15-9-7-8-12-22(15)18(24)14(2)26-19-21-20-13-23(19)16-10-5-6-11-17(16)25-3/h5-6,10-11,13-15H,4,7-9,12H2,1-3H3. The second-order valence-corrected chi connectivity index (χ2v) is 7.81. The van der Waals surface area contributed by atoms with E-state index in [-0.39, 0.29) is 11.2 Å². The number of ether oxygens (including phenoxy) is 1. The number of nitrogens with zero attached hydrogens (tertiary/aromatic N) is 4. The van der Waals surface area contributed by atoms with Gasteiger partial charge in [-0.3, -0.25) is 9.36 Å². The third kappa shape index (κ3) is 3.87. The van der Waals surface area contributed by atoms with Gasteiger partial charge in [-0.2, -0.15) is 0 Å². The maximum absolute atomic E-state index is 13.0. The van der Waals surface area contributed by atoms with Crippen molar-refractivity contribution in [1.29, 1.82) is 0 Å². The van der Waals surface area contributed by atoms with Crippen molar-refractivity contribution in [3.8, 4) is 11.4 Å². The fraction of sp³-hybridized carbons (Fsp3) is 0.526. The predicted octanol–water partition coefficient (Wildman–Crippen LogP) is 3.55. The highest BCUT2D eigenvalue weighted by Crippen LogP contribution is 2.30. The van der Waals surface area contributed by atoms with Gasteiger partial charge in [0, 0.05) is 12.6 Å². The van der Waals surface area contributed by atoms with Gasteiger partial charge in [-0.15, -0.1) is 10.2 Å². The summed E-state index contributed by atoms with van der Waals surface area (Å²) < 4.78 is 7.32. The Labute approximate surface area is 158 Å². The van der Waals surface area contributed by atoms with E-state index in [9.17, 15) is 4.79 Å². The monoisotopic (exact) mass is 374 g/mol. The van der Waals surface area contributed by atoms with Crippen molar-refractivity contribution in [2.45, 2.75) is 56.0 Å². The molecule has 3 rings (SSSR count). The number of methoxy groups -OCH3 is 1. The second-order valence-electron chi connectivity index (χ2n) is 6.50. The minimum Gasteiger partial charge on any atom is -0.495 e. The number of benzene rings is 1. The molecule has 1 saturated heterocycles. The molecule has 1 fully saturated rings. The molecule has 1 aliphatic heterocycles. The number of aromatic nitrogens is 3. The predicted molar refractivity (Wildman–Crippen MR) is 103 cm³/mol. The summed E-state index contributed by atoms with van der Waals surface area (Å²) in [4.78, 5) is 15.0. The lowest BCUT2D eigenvalue weighted by atomic mass is 10.00. The zero-order chi connectivity index (χ0) is 18.5. The molecule has 2 heterocycles. The molecule has 2 atom stereocenters. The summed E-state index contributed by atoms with van der Waals surface area (Å²) >= 11 is 1.45. The summed E-state index contributed by atoms with van der Waals surface area (Å²) in [6.45, 7) is 4.98. The topological polar surface area (TPSA) is 60.2 Å². The van der Waals surface area contributed by atoms with Crippen LogP contribution in [0.15, 0.2) is 35.7 Å². The van der Waals surface area contributed by atoms with E-state index < -0.39 is 0 Å². The van der Waals surface area contributed by atoms with Crippen molar-refractivity contribution in [3.63, 3.8) is 0 Å². The first-order valence-corrected chi connectivity index (χ1v) is 10.0. The van der Waals surface area contributed by atoms with Gasteiger partial charge in [-0.1, -0.05) is 30.8 Å². The van der Waals surface area contributed by atoms with E-state index in [0.29, 0.717) is 11.2 Å². The summed E-state index contributed by atoms with van der Waals surface area (Å²) in [6, 6.07) is 8.09. The Kier molecular flexibility index (Phi) is 6.19. The van der Waals surface area contributed by atoms with Gasteiger partial charge in [-0.25, -0.2) is 0 Å². The molecule has 1 amide bonds. The van der Waals surface area contributed by atoms with Gasteiger partial charge in [0.05, 0.1) is 18.0 Å². The second kappa shape index (κ2) is 8.58. The Morgan fingerprint density at radius 3 is 2.96 bits per heavy atom. The lowest BCUT2D eigenvalue weighted by Gasteiger charge is -2.36. The molecule has 0 spiro atoms. The van der Waals surface area contributed by atoms with Gasteiger partial charge in [0.15, 0.2) is 5.16 Å². The van der Waals surface area contributed by atoms with Crippen molar-refractivity contribution in [3.05, 3.63) is 30.6 Å². The third-order valence-corrected chi connectivity index (χ3v) is 5.92. The summed E-state index contributed by atoms with van der Waals surface area (Å²) in [5, 5.41) is 8.75. The number of hydrogen-bond acceptors (Lipinski definition) is 5. The molecule has 6 nitrogen and oxygen atoms in total. The molecule has 1 aromatic carbocycles. The van der Waals surface area contributed by atoms with Crippen molar-refractivity contribution >= 4 is 17.7 Å². The van der Waals surface area contributed by atoms with Crippen LogP contribution < -0.4 is 4.74 Å². The zero-order valence-electron chi connectivity index (χ0n) is 15.6. The normalized spacial score (nSPS) is 18.6. The number of para-hydroxylation sites is 2. The number of carbonyl (C=O) groups is 1. The number of piperidine rings is 1. The average Bonchev–Trinajstić information content (AvgIpc) is 3.15. The molecular weight excluding hydrogens is 348 g/mol. The maximum Gasteiger partial charge on any atom is 0.236 e. The van der Waals surface area contributed by atoms with E-state index >= 15 is 0 Å². The Bertz CT molecular complexity index is 749. The molecule has 26 heavy (non-hydrogen) atoms. The average molecular weight is 375 g/mol. The Morgan fingerprint density at radius 1 is 1.38 bits per heavy atom. The number of carbonyl (C=O) groups excluding carboxylic acids is 1. The van der Waals surface area contributed by atoms with E-state index in [4.69, 9.17) is 4.74 Å². The van der Waals surface area contributed by atoms with Crippen molar-refractivity contribution < 1.29 is 9.53 Å². The number of hydrogen-bond donors (Lipinski definition) is 0. The lowest BCUT2D eigenvalue weighted by Crippen LogP contribution is -2.46.